The number of rotatable bonds is 2. The second-order valence-corrected chi connectivity index (χ2v) is 6.82. The van der Waals surface area contributed by atoms with Crippen LogP contribution in [-0.2, 0) is 5.41 Å². The Morgan fingerprint density at radius 1 is 1.04 bits per heavy atom. The number of hydrogen-bond acceptors (Lipinski definition) is 2. The van der Waals surface area contributed by atoms with Crippen LogP contribution in [0.1, 0.15) is 49.2 Å². The standard InChI is InChI=1S/C20H24N2O/c1-14-7-6-8-18(13-14)21-15(2)22-19(23)16-9-11-17(12-10-16)20(3,4)5/h6-13H,1-5H3,(H,21,22,23). The van der Waals surface area contributed by atoms with Crippen molar-refractivity contribution in [2.75, 3.05) is 0 Å². The van der Waals surface area contributed by atoms with Gasteiger partial charge in [0.05, 0.1) is 5.69 Å². The molecule has 2 rings (SSSR count). The lowest BCUT2D eigenvalue weighted by atomic mass is 9.87. The number of aliphatic imine (C=N–C) groups is 1. The first-order valence-electron chi connectivity index (χ1n) is 7.79. The minimum absolute atomic E-state index is 0.0809. The Balaban J connectivity index is 2.09. The molecule has 0 bridgehead atoms. The Labute approximate surface area is 138 Å². The molecule has 1 N–H and O–H groups in total. The highest BCUT2D eigenvalue weighted by Crippen LogP contribution is 2.22. The van der Waals surface area contributed by atoms with E-state index in [1.807, 2.05) is 55.5 Å². The van der Waals surface area contributed by atoms with Gasteiger partial charge in [-0.3, -0.25) is 4.79 Å². The number of nitrogens with one attached hydrogen (secondary N) is 1. The van der Waals surface area contributed by atoms with E-state index in [0.717, 1.165) is 11.3 Å². The zero-order valence-electron chi connectivity index (χ0n) is 14.5. The van der Waals surface area contributed by atoms with Gasteiger partial charge in [-0.05, 0) is 54.7 Å². The smallest absolute Gasteiger partial charge is 0.256 e. The zero-order chi connectivity index (χ0) is 17.0. The molecule has 23 heavy (non-hydrogen) atoms. The van der Waals surface area contributed by atoms with Crippen molar-refractivity contribution in [3.8, 4) is 0 Å². The van der Waals surface area contributed by atoms with Crippen molar-refractivity contribution in [2.45, 2.75) is 40.0 Å². The number of amides is 1. The Bertz CT molecular complexity index is 722. The molecule has 0 atom stereocenters. The number of benzene rings is 2. The Hall–Kier alpha value is -2.42. The van der Waals surface area contributed by atoms with Gasteiger partial charge in [0.15, 0.2) is 0 Å². The van der Waals surface area contributed by atoms with Crippen LogP contribution in [0.5, 0.6) is 0 Å². The van der Waals surface area contributed by atoms with Crippen LogP contribution in [0.15, 0.2) is 53.5 Å². The zero-order valence-corrected chi connectivity index (χ0v) is 14.5. The van der Waals surface area contributed by atoms with Gasteiger partial charge in [-0.2, -0.15) is 0 Å². The lowest BCUT2D eigenvalue weighted by Crippen LogP contribution is -2.28. The largest absolute Gasteiger partial charge is 0.310 e. The van der Waals surface area contributed by atoms with E-state index in [1.165, 1.54) is 5.56 Å². The van der Waals surface area contributed by atoms with Gasteiger partial charge in [0.2, 0.25) is 0 Å². The van der Waals surface area contributed by atoms with Crippen molar-refractivity contribution >= 4 is 17.4 Å². The molecule has 0 aromatic heterocycles. The predicted octanol–water partition coefficient (Wildman–Crippen LogP) is 4.77. The van der Waals surface area contributed by atoms with Crippen molar-refractivity contribution in [3.63, 3.8) is 0 Å². The number of carbonyl (C=O) groups is 1. The Morgan fingerprint density at radius 3 is 2.26 bits per heavy atom. The first kappa shape index (κ1) is 16.9. The summed E-state index contributed by atoms with van der Waals surface area (Å²) in [5, 5.41) is 2.83. The van der Waals surface area contributed by atoms with Crippen molar-refractivity contribution in [1.29, 1.82) is 0 Å². The molecule has 0 saturated carbocycles. The summed E-state index contributed by atoms with van der Waals surface area (Å²) in [5.41, 5.74) is 3.90. The van der Waals surface area contributed by atoms with Gasteiger partial charge in [0.1, 0.15) is 5.84 Å². The molecule has 0 unspecified atom stereocenters. The van der Waals surface area contributed by atoms with E-state index in [4.69, 9.17) is 0 Å². The predicted molar refractivity (Wildman–Crippen MR) is 96.6 cm³/mol. The molecule has 3 nitrogen and oxygen atoms in total. The molecule has 0 aliphatic heterocycles. The van der Waals surface area contributed by atoms with Crippen molar-refractivity contribution < 1.29 is 4.79 Å². The molecule has 120 valence electrons. The van der Waals surface area contributed by atoms with Crippen LogP contribution < -0.4 is 5.32 Å². The summed E-state index contributed by atoms with van der Waals surface area (Å²) in [6.45, 7) is 10.3. The molecule has 0 fully saturated rings. The number of carbonyl (C=O) groups excluding carboxylic acids is 1. The van der Waals surface area contributed by atoms with Crippen LogP contribution in [0.3, 0.4) is 0 Å². The van der Waals surface area contributed by atoms with E-state index in [1.54, 1.807) is 6.92 Å². The topological polar surface area (TPSA) is 41.5 Å². The molecule has 0 aliphatic carbocycles. The fraction of sp³-hybridized carbons (Fsp3) is 0.300. The molecule has 0 heterocycles. The lowest BCUT2D eigenvalue weighted by molar-refractivity contribution is 0.0977. The van der Waals surface area contributed by atoms with Crippen LogP contribution in [-0.4, -0.2) is 11.7 Å². The van der Waals surface area contributed by atoms with Crippen LogP contribution in [0, 0.1) is 6.92 Å². The highest BCUT2D eigenvalue weighted by atomic mass is 16.1. The maximum Gasteiger partial charge on any atom is 0.256 e. The van der Waals surface area contributed by atoms with Crippen LogP contribution in [0.25, 0.3) is 0 Å². The van der Waals surface area contributed by atoms with Gasteiger partial charge >= 0.3 is 0 Å². The van der Waals surface area contributed by atoms with Crippen molar-refractivity contribution in [2.24, 2.45) is 4.99 Å². The van der Waals surface area contributed by atoms with E-state index < -0.39 is 0 Å². The van der Waals surface area contributed by atoms with Gasteiger partial charge < -0.3 is 5.32 Å². The highest BCUT2D eigenvalue weighted by molar-refractivity contribution is 6.06. The lowest BCUT2D eigenvalue weighted by Gasteiger charge is -2.19. The first-order chi connectivity index (χ1) is 10.8. The molecular weight excluding hydrogens is 284 g/mol. The summed E-state index contributed by atoms with van der Waals surface area (Å²) >= 11 is 0. The second-order valence-electron chi connectivity index (χ2n) is 6.82. The van der Waals surface area contributed by atoms with Gasteiger partial charge in [-0.1, -0.05) is 45.0 Å². The third-order valence-corrected chi connectivity index (χ3v) is 3.61. The van der Waals surface area contributed by atoms with E-state index in [2.05, 4.69) is 31.1 Å². The van der Waals surface area contributed by atoms with Crippen LogP contribution in [0.4, 0.5) is 5.69 Å². The van der Waals surface area contributed by atoms with E-state index in [9.17, 15) is 4.79 Å². The summed E-state index contributed by atoms with van der Waals surface area (Å²) in [4.78, 5) is 16.7. The van der Waals surface area contributed by atoms with Gasteiger partial charge in [-0.25, -0.2) is 4.99 Å². The summed E-state index contributed by atoms with van der Waals surface area (Å²) in [6, 6.07) is 15.6. The van der Waals surface area contributed by atoms with Gasteiger partial charge in [0, 0.05) is 5.56 Å². The molecule has 1 amide bonds. The normalized spacial score (nSPS) is 12.1. The summed E-state index contributed by atoms with van der Waals surface area (Å²) in [5.74, 6) is 0.444. The number of amidine groups is 1. The van der Waals surface area contributed by atoms with Crippen molar-refractivity contribution in [1.82, 2.24) is 5.32 Å². The molecule has 0 saturated heterocycles. The summed E-state index contributed by atoms with van der Waals surface area (Å²) in [7, 11) is 0. The third-order valence-electron chi connectivity index (χ3n) is 3.61. The Kier molecular flexibility index (Phi) is 4.99. The number of nitrogens with zero attached hydrogens (tertiary/aromatic N) is 1. The van der Waals surface area contributed by atoms with Crippen molar-refractivity contribution in [3.05, 3.63) is 65.2 Å². The molecular formula is C20H24N2O. The highest BCUT2D eigenvalue weighted by Gasteiger charge is 2.14. The van der Waals surface area contributed by atoms with Gasteiger partial charge in [-0.15, -0.1) is 0 Å². The maximum atomic E-state index is 12.3. The minimum atomic E-state index is -0.139. The minimum Gasteiger partial charge on any atom is -0.310 e. The number of hydrogen-bond donors (Lipinski definition) is 1. The van der Waals surface area contributed by atoms with E-state index in [-0.39, 0.29) is 11.3 Å². The molecule has 0 radical (unpaired) electrons. The second kappa shape index (κ2) is 6.78. The van der Waals surface area contributed by atoms with Crippen LogP contribution >= 0.6 is 0 Å². The first-order valence-corrected chi connectivity index (χ1v) is 7.79. The average Bonchev–Trinajstić information content (AvgIpc) is 2.46. The third kappa shape index (κ3) is 4.78. The molecule has 3 heteroatoms. The van der Waals surface area contributed by atoms with E-state index >= 15 is 0 Å². The Morgan fingerprint density at radius 2 is 1.70 bits per heavy atom. The molecule has 0 aliphatic rings. The van der Waals surface area contributed by atoms with E-state index in [0.29, 0.717) is 11.4 Å². The fourth-order valence-corrected chi connectivity index (χ4v) is 2.28. The summed E-state index contributed by atoms with van der Waals surface area (Å²) in [6.07, 6.45) is 0. The van der Waals surface area contributed by atoms with Gasteiger partial charge in [0.25, 0.3) is 5.91 Å². The quantitative estimate of drug-likeness (QED) is 0.630. The molecule has 2 aromatic carbocycles. The van der Waals surface area contributed by atoms with Crippen LogP contribution in [0.2, 0.25) is 0 Å². The SMILES string of the molecule is CC(=Nc1cccc(C)c1)NC(=O)c1ccc(C(C)(C)C)cc1. The number of aryl methyl sites for hydroxylation is 1. The molecule has 2 aromatic rings. The fourth-order valence-electron chi connectivity index (χ4n) is 2.28. The maximum absolute atomic E-state index is 12.3. The summed E-state index contributed by atoms with van der Waals surface area (Å²) < 4.78 is 0. The monoisotopic (exact) mass is 308 g/mol. The molecule has 0 spiro atoms. The average molecular weight is 308 g/mol.